The third kappa shape index (κ3) is 3.83. The van der Waals surface area contributed by atoms with E-state index in [0.717, 1.165) is 37.8 Å². The summed E-state index contributed by atoms with van der Waals surface area (Å²) >= 11 is 0. The average molecular weight is 352 g/mol. The van der Waals surface area contributed by atoms with E-state index in [0.29, 0.717) is 5.82 Å². The third-order valence-electron chi connectivity index (χ3n) is 4.45. The summed E-state index contributed by atoms with van der Waals surface area (Å²) < 4.78 is 39.9. The van der Waals surface area contributed by atoms with Crippen LogP contribution in [0.5, 0.6) is 0 Å². The molecule has 3 rings (SSSR count). The van der Waals surface area contributed by atoms with Crippen LogP contribution in [-0.4, -0.2) is 20.7 Å². The highest BCUT2D eigenvalue weighted by Gasteiger charge is 2.33. The van der Waals surface area contributed by atoms with Crippen LogP contribution in [0.25, 0.3) is 0 Å². The van der Waals surface area contributed by atoms with Gasteiger partial charge in [-0.1, -0.05) is 19.3 Å². The first-order valence-electron chi connectivity index (χ1n) is 8.26. The number of halogens is 3. The van der Waals surface area contributed by atoms with E-state index in [4.69, 9.17) is 0 Å². The monoisotopic (exact) mass is 352 g/mol. The topological polar surface area (TPSA) is 59.8 Å². The van der Waals surface area contributed by atoms with Gasteiger partial charge in [0.25, 0.3) is 5.91 Å². The second kappa shape index (κ2) is 6.85. The van der Waals surface area contributed by atoms with Crippen molar-refractivity contribution < 1.29 is 18.0 Å². The Balaban J connectivity index is 1.78. The summed E-state index contributed by atoms with van der Waals surface area (Å²) in [5.74, 6) is 0.0625. The molecule has 2 aromatic heterocycles. The Morgan fingerprint density at radius 1 is 1.20 bits per heavy atom. The number of carbonyl (C=O) groups is 1. The van der Waals surface area contributed by atoms with Crippen molar-refractivity contribution in [3.8, 4) is 0 Å². The number of anilines is 1. The summed E-state index contributed by atoms with van der Waals surface area (Å²) in [4.78, 5) is 16.0. The van der Waals surface area contributed by atoms with Crippen molar-refractivity contribution in [3.05, 3.63) is 41.3 Å². The fourth-order valence-corrected chi connectivity index (χ4v) is 3.17. The maximum atomic E-state index is 12.7. The van der Waals surface area contributed by atoms with Gasteiger partial charge in [0.05, 0.1) is 23.5 Å². The lowest BCUT2D eigenvalue weighted by Gasteiger charge is -2.24. The molecule has 1 saturated carbocycles. The standard InChI is InChI=1S/C17H19F3N4O/c1-11-13(7-8-14(22-11)17(18,19)20)16(25)23-15-9-10-21-24(15)12-5-3-2-4-6-12/h7-10,12H,2-6H2,1H3,(H,23,25). The summed E-state index contributed by atoms with van der Waals surface area (Å²) in [5.41, 5.74) is -0.853. The molecule has 0 aromatic carbocycles. The first-order valence-corrected chi connectivity index (χ1v) is 8.26. The van der Waals surface area contributed by atoms with Crippen LogP contribution < -0.4 is 5.32 Å². The van der Waals surface area contributed by atoms with Crippen LogP contribution in [0.4, 0.5) is 19.0 Å². The molecule has 1 aliphatic rings. The number of carbonyl (C=O) groups excluding carboxylic acids is 1. The molecular weight excluding hydrogens is 333 g/mol. The Bertz CT molecular complexity index is 763. The molecular formula is C17H19F3N4O. The normalized spacial score (nSPS) is 16.0. The molecule has 1 amide bonds. The molecule has 0 aliphatic heterocycles. The molecule has 0 saturated heterocycles. The van der Waals surface area contributed by atoms with Crippen LogP contribution in [-0.2, 0) is 6.18 Å². The lowest BCUT2D eigenvalue weighted by atomic mass is 9.96. The minimum Gasteiger partial charge on any atom is -0.307 e. The number of nitrogens with one attached hydrogen (secondary N) is 1. The van der Waals surface area contributed by atoms with Gasteiger partial charge in [-0.15, -0.1) is 0 Å². The van der Waals surface area contributed by atoms with E-state index in [-0.39, 0.29) is 17.3 Å². The van der Waals surface area contributed by atoms with E-state index in [2.05, 4.69) is 15.4 Å². The lowest BCUT2D eigenvalue weighted by Crippen LogP contribution is -2.21. The van der Waals surface area contributed by atoms with E-state index in [9.17, 15) is 18.0 Å². The van der Waals surface area contributed by atoms with Crippen LogP contribution in [0.1, 0.15) is 59.9 Å². The summed E-state index contributed by atoms with van der Waals surface area (Å²) in [6.07, 6.45) is 2.55. The third-order valence-corrected chi connectivity index (χ3v) is 4.45. The lowest BCUT2D eigenvalue weighted by molar-refractivity contribution is -0.141. The summed E-state index contributed by atoms with van der Waals surface area (Å²) in [5, 5.41) is 7.04. The molecule has 1 fully saturated rings. The van der Waals surface area contributed by atoms with Crippen molar-refractivity contribution in [2.45, 2.75) is 51.2 Å². The number of aromatic nitrogens is 3. The molecule has 2 heterocycles. The number of hydrogen-bond donors (Lipinski definition) is 1. The van der Waals surface area contributed by atoms with Crippen molar-refractivity contribution in [3.63, 3.8) is 0 Å². The van der Waals surface area contributed by atoms with E-state index in [1.807, 2.05) is 0 Å². The van der Waals surface area contributed by atoms with Gasteiger partial charge in [0.1, 0.15) is 11.5 Å². The predicted octanol–water partition coefficient (Wildman–Crippen LogP) is 4.36. The minimum absolute atomic E-state index is 0.0380. The van der Waals surface area contributed by atoms with Gasteiger partial charge in [-0.2, -0.15) is 18.3 Å². The second-order valence-corrected chi connectivity index (χ2v) is 6.23. The molecule has 134 valence electrons. The summed E-state index contributed by atoms with van der Waals surface area (Å²) in [7, 11) is 0. The molecule has 2 aromatic rings. The number of hydrogen-bond acceptors (Lipinski definition) is 3. The highest BCUT2D eigenvalue weighted by molar-refractivity contribution is 6.04. The van der Waals surface area contributed by atoms with Gasteiger partial charge < -0.3 is 5.32 Å². The summed E-state index contributed by atoms with van der Waals surface area (Å²) in [6.45, 7) is 1.39. The molecule has 1 aliphatic carbocycles. The van der Waals surface area contributed by atoms with Crippen molar-refractivity contribution in [1.82, 2.24) is 14.8 Å². The Labute approximate surface area is 143 Å². The van der Waals surface area contributed by atoms with Crippen LogP contribution >= 0.6 is 0 Å². The molecule has 0 unspecified atom stereocenters. The van der Waals surface area contributed by atoms with Gasteiger partial charge in [-0.05, 0) is 31.9 Å². The largest absolute Gasteiger partial charge is 0.433 e. The fraction of sp³-hybridized carbons (Fsp3) is 0.471. The van der Waals surface area contributed by atoms with Crippen molar-refractivity contribution >= 4 is 11.7 Å². The van der Waals surface area contributed by atoms with E-state index < -0.39 is 17.8 Å². The Morgan fingerprint density at radius 2 is 1.92 bits per heavy atom. The number of pyridine rings is 1. The molecule has 5 nitrogen and oxygen atoms in total. The van der Waals surface area contributed by atoms with E-state index >= 15 is 0 Å². The first-order chi connectivity index (χ1) is 11.9. The van der Waals surface area contributed by atoms with Gasteiger partial charge in [-0.25, -0.2) is 9.67 Å². The van der Waals surface area contributed by atoms with Crippen molar-refractivity contribution in [2.75, 3.05) is 5.32 Å². The fourth-order valence-electron chi connectivity index (χ4n) is 3.17. The second-order valence-electron chi connectivity index (χ2n) is 6.23. The van der Waals surface area contributed by atoms with Gasteiger partial charge in [-0.3, -0.25) is 4.79 Å². The average Bonchev–Trinajstić information content (AvgIpc) is 3.02. The van der Waals surface area contributed by atoms with Crippen LogP contribution in [0.3, 0.4) is 0 Å². The Morgan fingerprint density at radius 3 is 2.56 bits per heavy atom. The van der Waals surface area contributed by atoms with Gasteiger partial charge in [0.15, 0.2) is 0 Å². The van der Waals surface area contributed by atoms with Crippen LogP contribution in [0.15, 0.2) is 24.4 Å². The van der Waals surface area contributed by atoms with Gasteiger partial charge in [0, 0.05) is 6.07 Å². The molecule has 0 atom stereocenters. The molecule has 0 spiro atoms. The number of amides is 1. The van der Waals surface area contributed by atoms with E-state index in [1.165, 1.54) is 13.3 Å². The highest BCUT2D eigenvalue weighted by Crippen LogP contribution is 2.31. The molecule has 8 heteroatoms. The SMILES string of the molecule is Cc1nc(C(F)(F)F)ccc1C(=O)Nc1ccnn1C1CCCCC1. The molecule has 25 heavy (non-hydrogen) atoms. The number of nitrogens with zero attached hydrogens (tertiary/aromatic N) is 3. The maximum absolute atomic E-state index is 12.7. The number of rotatable bonds is 3. The Hall–Kier alpha value is -2.38. The highest BCUT2D eigenvalue weighted by atomic mass is 19.4. The van der Waals surface area contributed by atoms with Gasteiger partial charge >= 0.3 is 6.18 Å². The minimum atomic E-state index is -4.53. The van der Waals surface area contributed by atoms with Crippen molar-refractivity contribution in [1.29, 1.82) is 0 Å². The van der Waals surface area contributed by atoms with Gasteiger partial charge in [0.2, 0.25) is 0 Å². The van der Waals surface area contributed by atoms with Crippen molar-refractivity contribution in [2.24, 2.45) is 0 Å². The first kappa shape index (κ1) is 17.4. The summed E-state index contributed by atoms with van der Waals surface area (Å²) in [6, 6.07) is 3.91. The smallest absolute Gasteiger partial charge is 0.307 e. The zero-order valence-corrected chi connectivity index (χ0v) is 13.8. The molecule has 1 N–H and O–H groups in total. The number of aryl methyl sites for hydroxylation is 1. The molecule has 0 radical (unpaired) electrons. The number of alkyl halides is 3. The maximum Gasteiger partial charge on any atom is 0.433 e. The van der Waals surface area contributed by atoms with Crippen LogP contribution in [0, 0.1) is 6.92 Å². The Kier molecular flexibility index (Phi) is 4.78. The quantitative estimate of drug-likeness (QED) is 0.893. The zero-order chi connectivity index (χ0) is 18.0. The van der Waals surface area contributed by atoms with Crippen LogP contribution in [0.2, 0.25) is 0 Å². The zero-order valence-electron chi connectivity index (χ0n) is 13.8. The van der Waals surface area contributed by atoms with E-state index in [1.54, 1.807) is 16.9 Å². The molecule has 0 bridgehead atoms. The predicted molar refractivity (Wildman–Crippen MR) is 86.3 cm³/mol.